The Morgan fingerprint density at radius 1 is 1.38 bits per heavy atom. The highest BCUT2D eigenvalue weighted by Crippen LogP contribution is 2.24. The Labute approximate surface area is 122 Å². The summed E-state index contributed by atoms with van der Waals surface area (Å²) in [6, 6.07) is 6.16. The van der Waals surface area contributed by atoms with Gasteiger partial charge in [0.15, 0.2) is 12.6 Å². The van der Waals surface area contributed by atoms with Crippen LogP contribution in [0.4, 0.5) is 5.69 Å². The van der Waals surface area contributed by atoms with Gasteiger partial charge in [-0.25, -0.2) is 4.90 Å². The van der Waals surface area contributed by atoms with E-state index in [-0.39, 0.29) is 24.8 Å². The zero-order valence-electron chi connectivity index (χ0n) is 11.7. The van der Waals surface area contributed by atoms with Crippen LogP contribution in [0.1, 0.15) is 13.3 Å². The van der Waals surface area contributed by atoms with Crippen molar-refractivity contribution in [2.45, 2.75) is 19.4 Å². The first-order valence-corrected chi connectivity index (χ1v) is 6.74. The number of nitrogens with two attached hydrogens (primary N) is 2. The van der Waals surface area contributed by atoms with Gasteiger partial charge >= 0.3 is 0 Å². The van der Waals surface area contributed by atoms with Gasteiger partial charge in [-0.1, -0.05) is 0 Å². The molecule has 0 saturated carbocycles. The number of nitrogens with zero attached hydrogens (tertiary/aromatic N) is 1. The number of amides is 3. The highest BCUT2D eigenvalue weighted by Gasteiger charge is 2.42. The maximum atomic E-state index is 12.2. The third-order valence-electron chi connectivity index (χ3n) is 3.19. The lowest BCUT2D eigenvalue weighted by Gasteiger charge is -2.14. The van der Waals surface area contributed by atoms with Crippen LogP contribution in [-0.2, 0) is 14.4 Å². The standard InChI is InChI=1S/C14H17N3O4/c1-2-21-10-5-3-9(4-6-10)17-13(19)7-11(14(17)20)16-8-12(15)18/h3-6,11,16H,2,7-8H2,1H3,(H2,15,18)/p+1. The van der Waals surface area contributed by atoms with Crippen LogP contribution in [0.3, 0.4) is 0 Å². The van der Waals surface area contributed by atoms with E-state index in [1.165, 1.54) is 5.32 Å². The number of carbonyl (C=O) groups excluding carboxylic acids is 3. The van der Waals surface area contributed by atoms with Crippen LogP contribution >= 0.6 is 0 Å². The van der Waals surface area contributed by atoms with E-state index >= 15 is 0 Å². The van der Waals surface area contributed by atoms with Crippen molar-refractivity contribution in [3.8, 4) is 5.75 Å². The summed E-state index contributed by atoms with van der Waals surface area (Å²) in [4.78, 5) is 36.1. The second-order valence-corrected chi connectivity index (χ2v) is 4.71. The average Bonchev–Trinajstić information content (AvgIpc) is 2.73. The Morgan fingerprint density at radius 3 is 2.62 bits per heavy atom. The van der Waals surface area contributed by atoms with Crippen molar-refractivity contribution in [3.63, 3.8) is 0 Å². The fraction of sp³-hybridized carbons (Fsp3) is 0.357. The predicted molar refractivity (Wildman–Crippen MR) is 74.5 cm³/mol. The molecule has 7 nitrogen and oxygen atoms in total. The molecule has 0 radical (unpaired) electrons. The lowest BCUT2D eigenvalue weighted by atomic mass is 10.2. The van der Waals surface area contributed by atoms with Crippen molar-refractivity contribution in [1.82, 2.24) is 0 Å². The molecule has 0 aliphatic carbocycles. The Kier molecular flexibility index (Phi) is 4.54. The highest BCUT2D eigenvalue weighted by atomic mass is 16.5. The molecule has 3 amide bonds. The summed E-state index contributed by atoms with van der Waals surface area (Å²) in [5.41, 5.74) is 5.55. The molecule has 0 aromatic heterocycles. The van der Waals surface area contributed by atoms with E-state index in [2.05, 4.69) is 0 Å². The van der Waals surface area contributed by atoms with Crippen LogP contribution in [0.25, 0.3) is 0 Å². The second kappa shape index (κ2) is 6.36. The van der Waals surface area contributed by atoms with Gasteiger partial charge in [0.25, 0.3) is 11.8 Å². The summed E-state index contributed by atoms with van der Waals surface area (Å²) in [5, 5.41) is 1.50. The number of primary amides is 1. The van der Waals surface area contributed by atoms with Crippen LogP contribution in [0.2, 0.25) is 0 Å². The lowest BCUT2D eigenvalue weighted by Crippen LogP contribution is -2.93. The Bertz CT molecular complexity index is 556. The minimum Gasteiger partial charge on any atom is -0.494 e. The number of hydrogen-bond donors (Lipinski definition) is 2. The average molecular weight is 292 g/mol. The van der Waals surface area contributed by atoms with Crippen molar-refractivity contribution in [2.75, 3.05) is 18.1 Å². The smallest absolute Gasteiger partial charge is 0.292 e. The monoisotopic (exact) mass is 292 g/mol. The molecule has 112 valence electrons. The third kappa shape index (κ3) is 3.38. The highest BCUT2D eigenvalue weighted by molar-refractivity contribution is 6.21. The molecule has 1 aliphatic rings. The summed E-state index contributed by atoms with van der Waals surface area (Å²) < 4.78 is 5.32. The summed E-state index contributed by atoms with van der Waals surface area (Å²) in [5.74, 6) is -0.452. The van der Waals surface area contributed by atoms with Gasteiger partial charge in [0.2, 0.25) is 5.91 Å². The van der Waals surface area contributed by atoms with Crippen molar-refractivity contribution in [1.29, 1.82) is 0 Å². The fourth-order valence-corrected chi connectivity index (χ4v) is 2.23. The maximum Gasteiger partial charge on any atom is 0.292 e. The third-order valence-corrected chi connectivity index (χ3v) is 3.19. The van der Waals surface area contributed by atoms with Crippen LogP contribution in [0, 0.1) is 0 Å². The first-order chi connectivity index (χ1) is 10.0. The normalized spacial score (nSPS) is 18.1. The summed E-state index contributed by atoms with van der Waals surface area (Å²) >= 11 is 0. The number of anilines is 1. The van der Waals surface area contributed by atoms with E-state index < -0.39 is 11.9 Å². The van der Waals surface area contributed by atoms with Crippen molar-refractivity contribution >= 4 is 23.4 Å². The molecule has 0 bridgehead atoms. The van der Waals surface area contributed by atoms with Gasteiger partial charge in [-0.05, 0) is 31.2 Å². The molecule has 1 fully saturated rings. The number of hydrogen-bond acceptors (Lipinski definition) is 4. The van der Waals surface area contributed by atoms with Crippen molar-refractivity contribution in [2.24, 2.45) is 5.73 Å². The molecular weight excluding hydrogens is 274 g/mol. The molecule has 7 heteroatoms. The molecule has 1 heterocycles. The number of benzene rings is 1. The second-order valence-electron chi connectivity index (χ2n) is 4.71. The van der Waals surface area contributed by atoms with Crippen LogP contribution in [-0.4, -0.2) is 36.9 Å². The quantitative estimate of drug-likeness (QED) is 0.640. The van der Waals surface area contributed by atoms with E-state index in [9.17, 15) is 14.4 Å². The molecule has 1 saturated heterocycles. The van der Waals surface area contributed by atoms with E-state index in [0.29, 0.717) is 18.0 Å². The fourth-order valence-electron chi connectivity index (χ4n) is 2.23. The molecule has 1 aliphatic heterocycles. The van der Waals surface area contributed by atoms with Gasteiger partial charge in [0.1, 0.15) is 5.75 Å². The Balaban J connectivity index is 2.10. The van der Waals surface area contributed by atoms with E-state index in [1.807, 2.05) is 6.92 Å². The molecule has 1 aromatic rings. The lowest BCUT2D eigenvalue weighted by molar-refractivity contribution is -0.663. The zero-order chi connectivity index (χ0) is 15.4. The molecule has 2 rings (SSSR count). The molecule has 1 atom stereocenters. The van der Waals surface area contributed by atoms with Crippen molar-refractivity contribution in [3.05, 3.63) is 24.3 Å². The summed E-state index contributed by atoms with van der Waals surface area (Å²) in [6.07, 6.45) is 0.0688. The number of carbonyl (C=O) groups is 3. The number of rotatable bonds is 6. The largest absolute Gasteiger partial charge is 0.494 e. The molecule has 4 N–H and O–H groups in total. The maximum absolute atomic E-state index is 12.2. The Hall–Kier alpha value is -2.41. The predicted octanol–water partition coefficient (Wildman–Crippen LogP) is -1.23. The van der Waals surface area contributed by atoms with Crippen molar-refractivity contribution < 1.29 is 24.4 Å². The van der Waals surface area contributed by atoms with Crippen LogP contribution in [0.15, 0.2) is 24.3 Å². The summed E-state index contributed by atoms with van der Waals surface area (Å²) in [7, 11) is 0. The minimum absolute atomic E-state index is 0.0131. The minimum atomic E-state index is -0.587. The molecule has 0 spiro atoms. The van der Waals surface area contributed by atoms with E-state index in [4.69, 9.17) is 10.5 Å². The topological polar surface area (TPSA) is 106 Å². The van der Waals surface area contributed by atoms with Gasteiger partial charge in [0, 0.05) is 0 Å². The molecular formula is C14H18N3O4+. The SMILES string of the molecule is CCOc1ccc(N2C(=O)CC([NH2+]CC(N)=O)C2=O)cc1. The van der Waals surface area contributed by atoms with Gasteiger partial charge in [-0.15, -0.1) is 0 Å². The molecule has 21 heavy (non-hydrogen) atoms. The van der Waals surface area contributed by atoms with E-state index in [0.717, 1.165) is 4.90 Å². The van der Waals surface area contributed by atoms with Crippen LogP contribution in [0.5, 0.6) is 5.75 Å². The number of imide groups is 1. The van der Waals surface area contributed by atoms with Gasteiger partial charge in [-0.2, -0.15) is 0 Å². The summed E-state index contributed by atoms with van der Waals surface area (Å²) in [6.45, 7) is 2.41. The number of quaternary nitrogens is 1. The zero-order valence-corrected chi connectivity index (χ0v) is 11.7. The first kappa shape index (κ1) is 15.0. The number of ether oxygens (including phenoxy) is 1. The van der Waals surface area contributed by atoms with Crippen LogP contribution < -0.4 is 20.7 Å². The van der Waals surface area contributed by atoms with Gasteiger partial charge < -0.3 is 15.8 Å². The van der Waals surface area contributed by atoms with Gasteiger partial charge in [0.05, 0.1) is 18.7 Å². The van der Waals surface area contributed by atoms with E-state index in [1.54, 1.807) is 24.3 Å². The molecule has 1 unspecified atom stereocenters. The Morgan fingerprint density at radius 2 is 2.05 bits per heavy atom. The molecule has 1 aromatic carbocycles. The van der Waals surface area contributed by atoms with Gasteiger partial charge in [-0.3, -0.25) is 14.4 Å². The first-order valence-electron chi connectivity index (χ1n) is 6.74.